The van der Waals surface area contributed by atoms with Crippen LogP contribution in [0.25, 0.3) is 0 Å². The van der Waals surface area contributed by atoms with Crippen LogP contribution in [0.5, 0.6) is 0 Å². The SMILES string of the molecule is CCc1c(C)nc2n(c1=O)C(CC(=O)NC(C)COC)CS2. The van der Waals surface area contributed by atoms with Crippen LogP contribution in [-0.2, 0) is 16.0 Å². The fourth-order valence-electron chi connectivity index (χ4n) is 2.72. The van der Waals surface area contributed by atoms with Crippen LogP contribution in [0.15, 0.2) is 9.95 Å². The number of nitrogens with one attached hydrogen (secondary N) is 1. The molecule has 22 heavy (non-hydrogen) atoms. The predicted octanol–water partition coefficient (Wildman–Crippen LogP) is 1.30. The van der Waals surface area contributed by atoms with Gasteiger partial charge in [-0.1, -0.05) is 18.7 Å². The molecule has 0 fully saturated rings. The summed E-state index contributed by atoms with van der Waals surface area (Å²) in [5.74, 6) is 0.648. The van der Waals surface area contributed by atoms with Crippen molar-refractivity contribution in [2.75, 3.05) is 19.5 Å². The molecule has 6 nitrogen and oxygen atoms in total. The highest BCUT2D eigenvalue weighted by molar-refractivity contribution is 7.99. The lowest BCUT2D eigenvalue weighted by Gasteiger charge is -2.17. The number of aromatic nitrogens is 2. The molecule has 0 bridgehead atoms. The van der Waals surface area contributed by atoms with Crippen LogP contribution in [0.3, 0.4) is 0 Å². The molecule has 1 aromatic heterocycles. The van der Waals surface area contributed by atoms with Gasteiger partial charge in [-0.05, 0) is 20.3 Å². The lowest BCUT2D eigenvalue weighted by molar-refractivity contribution is -0.122. The number of hydrogen-bond acceptors (Lipinski definition) is 5. The normalized spacial score (nSPS) is 18.1. The summed E-state index contributed by atoms with van der Waals surface area (Å²) in [6.07, 6.45) is 0.953. The molecule has 2 rings (SSSR count). The molecule has 2 atom stereocenters. The third-order valence-corrected chi connectivity index (χ3v) is 4.85. The second kappa shape index (κ2) is 7.28. The largest absolute Gasteiger partial charge is 0.383 e. The quantitative estimate of drug-likeness (QED) is 0.798. The number of rotatable bonds is 6. The number of hydrogen-bond donors (Lipinski definition) is 1. The van der Waals surface area contributed by atoms with E-state index in [0.717, 1.165) is 16.4 Å². The molecule has 7 heteroatoms. The van der Waals surface area contributed by atoms with Gasteiger partial charge in [0.05, 0.1) is 12.6 Å². The molecule has 0 radical (unpaired) electrons. The second-order valence-electron chi connectivity index (χ2n) is 5.58. The number of carbonyl (C=O) groups is 1. The van der Waals surface area contributed by atoms with Gasteiger partial charge in [0.2, 0.25) is 5.91 Å². The summed E-state index contributed by atoms with van der Waals surface area (Å²) in [7, 11) is 1.60. The van der Waals surface area contributed by atoms with Crippen molar-refractivity contribution in [2.45, 2.75) is 50.9 Å². The van der Waals surface area contributed by atoms with Crippen LogP contribution >= 0.6 is 11.8 Å². The molecule has 1 aliphatic rings. The smallest absolute Gasteiger partial charge is 0.257 e. The van der Waals surface area contributed by atoms with Crippen molar-refractivity contribution in [2.24, 2.45) is 0 Å². The van der Waals surface area contributed by atoms with Crippen molar-refractivity contribution in [3.63, 3.8) is 0 Å². The lowest BCUT2D eigenvalue weighted by atomic mass is 10.1. The monoisotopic (exact) mass is 325 g/mol. The average molecular weight is 325 g/mol. The van der Waals surface area contributed by atoms with Crippen LogP contribution in [0.1, 0.15) is 37.6 Å². The van der Waals surface area contributed by atoms with E-state index in [9.17, 15) is 9.59 Å². The highest BCUT2D eigenvalue weighted by Gasteiger charge is 2.29. The molecular formula is C15H23N3O3S. The minimum absolute atomic E-state index is 0.00209. The van der Waals surface area contributed by atoms with Crippen LogP contribution in [0, 0.1) is 6.92 Å². The molecule has 0 aromatic carbocycles. The molecule has 2 heterocycles. The van der Waals surface area contributed by atoms with E-state index >= 15 is 0 Å². The van der Waals surface area contributed by atoms with E-state index in [1.165, 1.54) is 0 Å². The van der Waals surface area contributed by atoms with Gasteiger partial charge in [0.1, 0.15) is 0 Å². The van der Waals surface area contributed by atoms with Crippen molar-refractivity contribution >= 4 is 17.7 Å². The zero-order valence-corrected chi connectivity index (χ0v) is 14.3. The maximum absolute atomic E-state index is 12.6. The summed E-state index contributed by atoms with van der Waals surface area (Å²) >= 11 is 1.54. The average Bonchev–Trinajstić information content (AvgIpc) is 2.82. The second-order valence-corrected chi connectivity index (χ2v) is 6.57. The number of ether oxygens (including phenoxy) is 1. The molecule has 0 aliphatic carbocycles. The fraction of sp³-hybridized carbons (Fsp3) is 0.667. The van der Waals surface area contributed by atoms with E-state index in [1.807, 2.05) is 20.8 Å². The molecule has 1 aliphatic heterocycles. The third kappa shape index (κ3) is 3.52. The Morgan fingerprint density at radius 2 is 2.32 bits per heavy atom. The van der Waals surface area contributed by atoms with E-state index in [1.54, 1.807) is 23.4 Å². The minimum Gasteiger partial charge on any atom is -0.383 e. The lowest BCUT2D eigenvalue weighted by Crippen LogP contribution is -2.38. The van der Waals surface area contributed by atoms with E-state index < -0.39 is 0 Å². The summed E-state index contributed by atoms with van der Waals surface area (Å²) in [4.78, 5) is 29.2. The van der Waals surface area contributed by atoms with Gasteiger partial charge in [0.15, 0.2) is 5.16 Å². The Balaban J connectivity index is 2.15. The maximum atomic E-state index is 12.6. The Kier molecular flexibility index (Phi) is 5.63. The first-order valence-electron chi connectivity index (χ1n) is 7.51. The first kappa shape index (κ1) is 17.0. The van der Waals surface area contributed by atoms with Crippen molar-refractivity contribution in [3.05, 3.63) is 21.6 Å². The molecule has 2 unspecified atom stereocenters. The van der Waals surface area contributed by atoms with Crippen molar-refractivity contribution in [1.82, 2.24) is 14.9 Å². The van der Waals surface area contributed by atoms with Crippen LogP contribution in [0.4, 0.5) is 0 Å². The topological polar surface area (TPSA) is 73.2 Å². The number of amides is 1. The first-order valence-corrected chi connectivity index (χ1v) is 8.49. The minimum atomic E-state index is -0.124. The van der Waals surface area contributed by atoms with Gasteiger partial charge >= 0.3 is 0 Å². The fourth-order valence-corrected chi connectivity index (χ4v) is 3.90. The standard InChI is InChI=1S/C15H23N3O3S/c1-5-12-10(3)17-15-18(14(12)20)11(8-22-15)6-13(19)16-9(2)7-21-4/h9,11H,5-8H2,1-4H3,(H,16,19). The van der Waals surface area contributed by atoms with Gasteiger partial charge in [0.25, 0.3) is 5.56 Å². The summed E-state index contributed by atoms with van der Waals surface area (Å²) in [6.45, 7) is 6.19. The Hall–Kier alpha value is -1.34. The maximum Gasteiger partial charge on any atom is 0.257 e. The Morgan fingerprint density at radius 1 is 1.59 bits per heavy atom. The van der Waals surface area contributed by atoms with E-state index in [0.29, 0.717) is 25.2 Å². The number of carbonyl (C=O) groups excluding carboxylic acids is 1. The van der Waals surface area contributed by atoms with E-state index in [4.69, 9.17) is 4.74 Å². The number of fused-ring (bicyclic) bond motifs is 1. The molecule has 122 valence electrons. The Bertz CT molecular complexity index is 615. The summed E-state index contributed by atoms with van der Waals surface area (Å²) in [5, 5.41) is 3.61. The number of methoxy groups -OCH3 is 1. The molecule has 1 amide bonds. The van der Waals surface area contributed by atoms with Gasteiger partial charge < -0.3 is 10.1 Å². The number of thioether (sulfide) groups is 1. The Labute approximate surface area is 134 Å². The molecular weight excluding hydrogens is 302 g/mol. The summed E-state index contributed by atoms with van der Waals surface area (Å²) in [5.41, 5.74) is 1.53. The molecule has 0 spiro atoms. The van der Waals surface area contributed by atoms with Crippen LogP contribution in [-0.4, -0.2) is 41.0 Å². The van der Waals surface area contributed by atoms with Crippen LogP contribution in [0.2, 0.25) is 0 Å². The van der Waals surface area contributed by atoms with Crippen molar-refractivity contribution in [3.8, 4) is 0 Å². The van der Waals surface area contributed by atoms with Gasteiger partial charge in [-0.15, -0.1) is 0 Å². The molecule has 0 saturated carbocycles. The summed E-state index contributed by atoms with van der Waals surface area (Å²) in [6, 6.07) is -0.161. The van der Waals surface area contributed by atoms with E-state index in [2.05, 4.69) is 10.3 Å². The van der Waals surface area contributed by atoms with Crippen molar-refractivity contribution in [1.29, 1.82) is 0 Å². The predicted molar refractivity (Wildman–Crippen MR) is 86.5 cm³/mol. The zero-order valence-electron chi connectivity index (χ0n) is 13.5. The third-order valence-electron chi connectivity index (χ3n) is 3.75. The molecule has 1 aromatic rings. The summed E-state index contributed by atoms with van der Waals surface area (Å²) < 4.78 is 6.70. The van der Waals surface area contributed by atoms with Gasteiger partial charge in [-0.2, -0.15) is 0 Å². The van der Waals surface area contributed by atoms with E-state index in [-0.39, 0.29) is 23.6 Å². The van der Waals surface area contributed by atoms with Crippen molar-refractivity contribution < 1.29 is 9.53 Å². The zero-order chi connectivity index (χ0) is 16.3. The van der Waals surface area contributed by atoms with Gasteiger partial charge in [0, 0.05) is 36.6 Å². The Morgan fingerprint density at radius 3 is 2.95 bits per heavy atom. The van der Waals surface area contributed by atoms with Gasteiger partial charge in [-0.25, -0.2) is 4.98 Å². The highest BCUT2D eigenvalue weighted by atomic mass is 32.2. The highest BCUT2D eigenvalue weighted by Crippen LogP contribution is 2.32. The first-order chi connectivity index (χ1) is 10.5. The molecule has 1 N–H and O–H groups in total. The number of nitrogens with zero attached hydrogens (tertiary/aromatic N) is 2. The van der Waals surface area contributed by atoms with Gasteiger partial charge in [-0.3, -0.25) is 14.2 Å². The number of aryl methyl sites for hydroxylation is 1. The molecule has 0 saturated heterocycles. The van der Waals surface area contributed by atoms with Crippen LogP contribution < -0.4 is 10.9 Å².